The van der Waals surface area contributed by atoms with Crippen molar-refractivity contribution in [3.63, 3.8) is 0 Å². The summed E-state index contributed by atoms with van der Waals surface area (Å²) in [5.41, 5.74) is 0.915. The number of nitrogens with one attached hydrogen (secondary N) is 2. The van der Waals surface area contributed by atoms with E-state index in [1.165, 1.54) is 12.0 Å². The van der Waals surface area contributed by atoms with Gasteiger partial charge in [0.1, 0.15) is 0 Å². The van der Waals surface area contributed by atoms with Crippen molar-refractivity contribution >= 4 is 17.5 Å². The van der Waals surface area contributed by atoms with Crippen LogP contribution in [0.3, 0.4) is 0 Å². The number of hydrogen-bond acceptors (Lipinski definition) is 2. The maximum atomic E-state index is 12.4. The molecule has 2 fully saturated rings. The van der Waals surface area contributed by atoms with E-state index in [4.69, 9.17) is 11.6 Å². The molecule has 0 unspecified atom stereocenters. The molecule has 4 heteroatoms. The van der Waals surface area contributed by atoms with Gasteiger partial charge in [0.2, 0.25) is 5.91 Å². The van der Waals surface area contributed by atoms with Crippen molar-refractivity contribution in [2.24, 2.45) is 5.41 Å². The van der Waals surface area contributed by atoms with Gasteiger partial charge in [0.15, 0.2) is 0 Å². The molecule has 1 aliphatic carbocycles. The van der Waals surface area contributed by atoms with Gasteiger partial charge in [-0.3, -0.25) is 4.79 Å². The van der Waals surface area contributed by atoms with Crippen LogP contribution >= 0.6 is 11.6 Å². The number of amides is 1. The molecule has 1 saturated heterocycles. The fraction of sp³-hybridized carbons (Fsp3) is 0.533. The number of halogens is 1. The average molecular weight is 279 g/mol. The Bertz CT molecular complexity index is 464. The summed E-state index contributed by atoms with van der Waals surface area (Å²) in [5.74, 6) is 0.214. The minimum absolute atomic E-state index is 0.214. The van der Waals surface area contributed by atoms with Crippen LogP contribution in [0, 0.1) is 5.41 Å². The second-order valence-corrected chi connectivity index (χ2v) is 6.22. The van der Waals surface area contributed by atoms with E-state index < -0.39 is 0 Å². The van der Waals surface area contributed by atoms with Crippen LogP contribution in [-0.2, 0) is 11.2 Å². The van der Waals surface area contributed by atoms with E-state index in [0.29, 0.717) is 6.04 Å². The van der Waals surface area contributed by atoms with Gasteiger partial charge in [-0.25, -0.2) is 0 Å². The van der Waals surface area contributed by atoms with Crippen molar-refractivity contribution in [1.29, 1.82) is 0 Å². The lowest BCUT2D eigenvalue weighted by Crippen LogP contribution is -2.64. The molecular formula is C15H19ClN2O. The van der Waals surface area contributed by atoms with Crippen molar-refractivity contribution in [3.05, 3.63) is 34.9 Å². The standard InChI is InChI=1S/C15H19ClN2O/c16-12-6-4-11(5-7-12)8-15(9-17-10-15)14(19)18-13-2-1-3-13/h4-7,13,17H,1-3,8-10H2,(H,18,19). The van der Waals surface area contributed by atoms with E-state index in [2.05, 4.69) is 10.6 Å². The predicted octanol–water partition coefficient (Wildman–Crippen LogP) is 2.14. The number of hydrogen-bond donors (Lipinski definition) is 2. The Morgan fingerprint density at radius 2 is 2.00 bits per heavy atom. The SMILES string of the molecule is O=C(NC1CCC1)C1(Cc2ccc(Cl)cc2)CNC1. The number of benzene rings is 1. The minimum atomic E-state index is -0.260. The molecule has 102 valence electrons. The van der Waals surface area contributed by atoms with E-state index in [-0.39, 0.29) is 11.3 Å². The van der Waals surface area contributed by atoms with Gasteiger partial charge >= 0.3 is 0 Å². The predicted molar refractivity (Wildman–Crippen MR) is 76.2 cm³/mol. The monoisotopic (exact) mass is 278 g/mol. The van der Waals surface area contributed by atoms with Crippen LogP contribution in [0.5, 0.6) is 0 Å². The van der Waals surface area contributed by atoms with Crippen LogP contribution in [-0.4, -0.2) is 25.0 Å². The molecule has 2 N–H and O–H groups in total. The molecule has 3 rings (SSSR count). The molecule has 0 bridgehead atoms. The molecular weight excluding hydrogens is 260 g/mol. The topological polar surface area (TPSA) is 41.1 Å². The van der Waals surface area contributed by atoms with Gasteiger partial charge in [-0.05, 0) is 43.4 Å². The second-order valence-electron chi connectivity index (χ2n) is 5.79. The zero-order chi connectivity index (χ0) is 13.3. The highest BCUT2D eigenvalue weighted by Crippen LogP contribution is 2.30. The molecule has 1 saturated carbocycles. The molecule has 1 aliphatic heterocycles. The van der Waals surface area contributed by atoms with E-state index in [1.54, 1.807) is 0 Å². The van der Waals surface area contributed by atoms with Crippen molar-refractivity contribution in [2.75, 3.05) is 13.1 Å². The van der Waals surface area contributed by atoms with Crippen LogP contribution in [0.4, 0.5) is 0 Å². The zero-order valence-corrected chi connectivity index (χ0v) is 11.7. The highest BCUT2D eigenvalue weighted by atomic mass is 35.5. The Balaban J connectivity index is 1.67. The Kier molecular flexibility index (Phi) is 3.50. The summed E-state index contributed by atoms with van der Waals surface area (Å²) in [5, 5.41) is 7.16. The van der Waals surface area contributed by atoms with Gasteiger partial charge in [0.05, 0.1) is 5.41 Å². The molecule has 1 amide bonds. The summed E-state index contributed by atoms with van der Waals surface area (Å²) in [7, 11) is 0. The summed E-state index contributed by atoms with van der Waals surface area (Å²) in [6, 6.07) is 8.22. The number of carbonyl (C=O) groups is 1. The second kappa shape index (κ2) is 5.14. The lowest BCUT2D eigenvalue weighted by Gasteiger charge is -2.43. The Morgan fingerprint density at radius 1 is 1.32 bits per heavy atom. The molecule has 0 aromatic heterocycles. The third kappa shape index (κ3) is 2.63. The van der Waals surface area contributed by atoms with Gasteiger partial charge in [-0.1, -0.05) is 23.7 Å². The maximum absolute atomic E-state index is 12.4. The van der Waals surface area contributed by atoms with Gasteiger partial charge in [-0.2, -0.15) is 0 Å². The fourth-order valence-corrected chi connectivity index (χ4v) is 2.80. The average Bonchev–Trinajstić information content (AvgIpc) is 2.30. The molecule has 3 nitrogen and oxygen atoms in total. The first-order valence-electron chi connectivity index (χ1n) is 6.94. The van der Waals surface area contributed by atoms with E-state index >= 15 is 0 Å². The number of rotatable bonds is 4. The Morgan fingerprint density at radius 3 is 2.47 bits per heavy atom. The summed E-state index contributed by atoms with van der Waals surface area (Å²) in [4.78, 5) is 12.4. The minimum Gasteiger partial charge on any atom is -0.353 e. The molecule has 1 heterocycles. The largest absolute Gasteiger partial charge is 0.353 e. The van der Waals surface area contributed by atoms with Gasteiger partial charge in [0.25, 0.3) is 0 Å². The lowest BCUT2D eigenvalue weighted by atomic mass is 9.75. The maximum Gasteiger partial charge on any atom is 0.229 e. The third-order valence-corrected chi connectivity index (χ3v) is 4.56. The van der Waals surface area contributed by atoms with E-state index in [1.807, 2.05) is 24.3 Å². The van der Waals surface area contributed by atoms with Crippen LogP contribution in [0.25, 0.3) is 0 Å². The van der Waals surface area contributed by atoms with Crippen molar-refractivity contribution in [1.82, 2.24) is 10.6 Å². The molecule has 0 spiro atoms. The highest BCUT2D eigenvalue weighted by Gasteiger charge is 2.45. The summed E-state index contributed by atoms with van der Waals surface area (Å²) < 4.78 is 0. The first-order chi connectivity index (χ1) is 9.18. The van der Waals surface area contributed by atoms with Crippen molar-refractivity contribution in [2.45, 2.75) is 31.7 Å². The first kappa shape index (κ1) is 12.9. The summed E-state index contributed by atoms with van der Waals surface area (Å²) in [6.45, 7) is 1.54. The molecule has 1 aromatic rings. The molecule has 0 atom stereocenters. The van der Waals surface area contributed by atoms with Gasteiger partial charge < -0.3 is 10.6 Å². The Hall–Kier alpha value is -1.06. The first-order valence-corrected chi connectivity index (χ1v) is 7.32. The van der Waals surface area contributed by atoms with Crippen molar-refractivity contribution in [3.8, 4) is 0 Å². The van der Waals surface area contributed by atoms with Crippen LogP contribution in [0.1, 0.15) is 24.8 Å². The van der Waals surface area contributed by atoms with Gasteiger partial charge in [-0.15, -0.1) is 0 Å². The van der Waals surface area contributed by atoms with Crippen molar-refractivity contribution < 1.29 is 4.79 Å². The van der Waals surface area contributed by atoms with Crippen LogP contribution in [0.15, 0.2) is 24.3 Å². The smallest absolute Gasteiger partial charge is 0.229 e. The lowest BCUT2D eigenvalue weighted by molar-refractivity contribution is -0.135. The quantitative estimate of drug-likeness (QED) is 0.886. The number of carbonyl (C=O) groups excluding carboxylic acids is 1. The zero-order valence-electron chi connectivity index (χ0n) is 10.9. The highest BCUT2D eigenvalue weighted by molar-refractivity contribution is 6.30. The molecule has 0 radical (unpaired) electrons. The van der Waals surface area contributed by atoms with E-state index in [0.717, 1.165) is 37.4 Å². The van der Waals surface area contributed by atoms with E-state index in [9.17, 15) is 4.79 Å². The fourth-order valence-electron chi connectivity index (χ4n) is 2.68. The third-order valence-electron chi connectivity index (χ3n) is 4.30. The normalized spacial score (nSPS) is 21.3. The molecule has 19 heavy (non-hydrogen) atoms. The van der Waals surface area contributed by atoms with Crippen LogP contribution < -0.4 is 10.6 Å². The Labute approximate surface area is 118 Å². The van der Waals surface area contributed by atoms with Gasteiger partial charge in [0, 0.05) is 24.2 Å². The molecule has 1 aromatic carbocycles. The summed E-state index contributed by atoms with van der Waals surface area (Å²) >= 11 is 5.90. The summed E-state index contributed by atoms with van der Waals surface area (Å²) in [6.07, 6.45) is 4.30. The van der Waals surface area contributed by atoms with Crippen LogP contribution in [0.2, 0.25) is 5.02 Å². The molecule has 2 aliphatic rings.